The average molecular weight is 422 g/mol. The Morgan fingerprint density at radius 2 is 1.67 bits per heavy atom. The topological polar surface area (TPSA) is 62.3 Å². The number of carbonyl (C=O) groups excluding carboxylic acids is 2. The molecule has 3 rings (SSSR count). The minimum Gasteiger partial charge on any atom is -0.345 e. The van der Waals surface area contributed by atoms with Crippen molar-refractivity contribution in [2.45, 2.75) is 19.4 Å². The van der Waals surface area contributed by atoms with Gasteiger partial charge in [0.05, 0.1) is 17.3 Å². The lowest BCUT2D eigenvalue weighted by atomic mass is 9.98. The molecule has 1 heterocycles. The van der Waals surface area contributed by atoms with Crippen LogP contribution in [0.2, 0.25) is 5.02 Å². The summed E-state index contributed by atoms with van der Waals surface area (Å²) >= 11 is 6.00. The lowest BCUT2D eigenvalue weighted by molar-refractivity contribution is 0.0820. The van der Waals surface area contributed by atoms with Gasteiger partial charge in [-0.25, -0.2) is 4.98 Å². The van der Waals surface area contributed by atoms with Crippen LogP contribution >= 0.6 is 11.6 Å². The molecule has 1 atom stereocenters. The molecule has 0 aliphatic heterocycles. The summed E-state index contributed by atoms with van der Waals surface area (Å²) in [6.07, 6.45) is 0.622. The summed E-state index contributed by atoms with van der Waals surface area (Å²) in [6, 6.07) is 20.4. The minimum absolute atomic E-state index is 0.199. The zero-order chi connectivity index (χ0) is 21.7. The normalized spacial score (nSPS) is 11.6. The highest BCUT2D eigenvalue weighted by atomic mass is 35.5. The van der Waals surface area contributed by atoms with Gasteiger partial charge in [0.1, 0.15) is 5.69 Å². The van der Waals surface area contributed by atoms with E-state index < -0.39 is 0 Å². The van der Waals surface area contributed by atoms with Crippen LogP contribution in [0.3, 0.4) is 0 Å². The van der Waals surface area contributed by atoms with Crippen LogP contribution in [0.5, 0.6) is 0 Å². The summed E-state index contributed by atoms with van der Waals surface area (Å²) in [6.45, 7) is 1.73. The summed E-state index contributed by atoms with van der Waals surface area (Å²) in [7, 11) is 3.34. The van der Waals surface area contributed by atoms with E-state index in [1.807, 2.05) is 54.6 Å². The van der Waals surface area contributed by atoms with E-state index >= 15 is 0 Å². The maximum absolute atomic E-state index is 13.0. The minimum atomic E-state index is -0.230. The number of aryl methyl sites for hydroxylation is 1. The Labute approximate surface area is 181 Å². The fourth-order valence-corrected chi connectivity index (χ4v) is 3.30. The molecule has 0 spiro atoms. The second-order valence-corrected chi connectivity index (χ2v) is 7.73. The van der Waals surface area contributed by atoms with Gasteiger partial charge in [-0.05, 0) is 48.7 Å². The molecule has 0 bridgehead atoms. The molecule has 30 heavy (non-hydrogen) atoms. The van der Waals surface area contributed by atoms with Crippen molar-refractivity contribution in [2.75, 3.05) is 14.1 Å². The van der Waals surface area contributed by atoms with Crippen LogP contribution in [0.1, 0.15) is 43.7 Å². The van der Waals surface area contributed by atoms with Gasteiger partial charge in [-0.2, -0.15) is 0 Å². The Morgan fingerprint density at radius 3 is 2.27 bits per heavy atom. The Kier molecular flexibility index (Phi) is 6.85. The molecule has 1 aromatic heterocycles. The molecule has 0 saturated carbocycles. The van der Waals surface area contributed by atoms with Gasteiger partial charge in [0.25, 0.3) is 11.8 Å². The highest BCUT2D eigenvalue weighted by Gasteiger charge is 2.19. The molecule has 2 amide bonds. The predicted octanol–water partition coefficient (Wildman–Crippen LogP) is 4.46. The first-order valence-corrected chi connectivity index (χ1v) is 10.0. The van der Waals surface area contributed by atoms with Crippen LogP contribution in [-0.4, -0.2) is 35.8 Å². The number of hydrogen-bond acceptors (Lipinski definition) is 3. The Bertz CT molecular complexity index is 1030. The van der Waals surface area contributed by atoms with Crippen molar-refractivity contribution in [3.05, 3.63) is 99.8 Å². The third-order valence-corrected chi connectivity index (χ3v) is 5.07. The third-order valence-electron chi connectivity index (χ3n) is 4.82. The molecule has 0 aliphatic rings. The van der Waals surface area contributed by atoms with E-state index in [0.29, 0.717) is 28.4 Å². The number of benzene rings is 2. The van der Waals surface area contributed by atoms with Gasteiger partial charge in [-0.15, -0.1) is 0 Å². The molecule has 0 radical (unpaired) electrons. The molecular weight excluding hydrogens is 398 g/mol. The first-order valence-electron chi connectivity index (χ1n) is 9.64. The molecule has 6 heteroatoms. The highest BCUT2D eigenvalue weighted by molar-refractivity contribution is 6.30. The summed E-state index contributed by atoms with van der Waals surface area (Å²) in [5.74, 6) is -0.429. The Balaban J connectivity index is 1.84. The zero-order valence-corrected chi connectivity index (χ0v) is 18.0. The molecule has 2 aromatic carbocycles. The molecule has 0 saturated heterocycles. The van der Waals surface area contributed by atoms with Gasteiger partial charge in [-0.3, -0.25) is 9.59 Å². The van der Waals surface area contributed by atoms with Crippen molar-refractivity contribution in [1.82, 2.24) is 15.2 Å². The summed E-state index contributed by atoms with van der Waals surface area (Å²) in [5, 5.41) is 3.79. The summed E-state index contributed by atoms with van der Waals surface area (Å²) in [4.78, 5) is 30.9. The van der Waals surface area contributed by atoms with E-state index in [0.717, 1.165) is 11.1 Å². The molecule has 154 valence electrons. The lowest BCUT2D eigenvalue weighted by Gasteiger charge is -2.20. The average Bonchev–Trinajstić information content (AvgIpc) is 2.74. The molecular formula is C24H24ClN3O2. The van der Waals surface area contributed by atoms with Crippen LogP contribution in [0.15, 0.2) is 66.7 Å². The second kappa shape index (κ2) is 9.55. The lowest BCUT2D eigenvalue weighted by Crippen LogP contribution is -2.31. The number of nitrogens with zero attached hydrogens (tertiary/aromatic N) is 2. The number of halogens is 1. The number of carbonyl (C=O) groups is 2. The van der Waals surface area contributed by atoms with E-state index in [4.69, 9.17) is 11.6 Å². The fraction of sp³-hybridized carbons (Fsp3) is 0.208. The van der Waals surface area contributed by atoms with Crippen molar-refractivity contribution in [1.29, 1.82) is 0 Å². The van der Waals surface area contributed by atoms with E-state index in [9.17, 15) is 9.59 Å². The SMILES string of the molecule is Cc1nc(C(=O)N(C)C)ccc1C(=O)NC(Cc1ccc(Cl)cc1)c1ccccc1. The first-order chi connectivity index (χ1) is 14.3. The molecule has 1 unspecified atom stereocenters. The van der Waals surface area contributed by atoms with E-state index in [1.165, 1.54) is 4.90 Å². The van der Waals surface area contributed by atoms with Gasteiger partial charge < -0.3 is 10.2 Å². The maximum Gasteiger partial charge on any atom is 0.271 e. The van der Waals surface area contributed by atoms with Gasteiger partial charge in [-0.1, -0.05) is 54.1 Å². The van der Waals surface area contributed by atoms with Crippen LogP contribution in [0.4, 0.5) is 0 Å². The zero-order valence-electron chi connectivity index (χ0n) is 17.2. The Morgan fingerprint density at radius 1 is 1.00 bits per heavy atom. The van der Waals surface area contributed by atoms with Gasteiger partial charge in [0.2, 0.25) is 0 Å². The summed E-state index contributed by atoms with van der Waals surface area (Å²) in [5.41, 5.74) is 3.34. The van der Waals surface area contributed by atoms with E-state index in [1.54, 1.807) is 33.2 Å². The molecule has 1 N–H and O–H groups in total. The number of aromatic nitrogens is 1. The smallest absolute Gasteiger partial charge is 0.271 e. The van der Waals surface area contributed by atoms with Crippen molar-refractivity contribution in [3.8, 4) is 0 Å². The van der Waals surface area contributed by atoms with Crippen molar-refractivity contribution in [2.24, 2.45) is 0 Å². The number of pyridine rings is 1. The van der Waals surface area contributed by atoms with Gasteiger partial charge in [0.15, 0.2) is 0 Å². The quantitative estimate of drug-likeness (QED) is 0.639. The molecule has 3 aromatic rings. The van der Waals surface area contributed by atoms with Crippen LogP contribution < -0.4 is 5.32 Å². The standard InChI is InChI=1S/C24H24ClN3O2/c1-16-20(13-14-21(26-16)24(30)28(2)3)23(29)27-22(18-7-5-4-6-8-18)15-17-9-11-19(25)12-10-17/h4-14,22H,15H2,1-3H3,(H,27,29). The molecule has 0 fully saturated rings. The highest BCUT2D eigenvalue weighted by Crippen LogP contribution is 2.21. The monoisotopic (exact) mass is 421 g/mol. The van der Waals surface area contributed by atoms with Crippen molar-refractivity contribution < 1.29 is 9.59 Å². The third kappa shape index (κ3) is 5.24. The van der Waals surface area contributed by atoms with Crippen LogP contribution in [0.25, 0.3) is 0 Å². The Hall–Kier alpha value is -3.18. The molecule has 0 aliphatic carbocycles. The number of amides is 2. The van der Waals surface area contributed by atoms with Crippen molar-refractivity contribution in [3.63, 3.8) is 0 Å². The predicted molar refractivity (Wildman–Crippen MR) is 119 cm³/mol. The van der Waals surface area contributed by atoms with E-state index in [2.05, 4.69) is 10.3 Å². The molecule has 5 nitrogen and oxygen atoms in total. The number of hydrogen-bond donors (Lipinski definition) is 1. The fourth-order valence-electron chi connectivity index (χ4n) is 3.18. The van der Waals surface area contributed by atoms with Crippen LogP contribution in [-0.2, 0) is 6.42 Å². The van der Waals surface area contributed by atoms with Gasteiger partial charge >= 0.3 is 0 Å². The summed E-state index contributed by atoms with van der Waals surface area (Å²) < 4.78 is 0. The van der Waals surface area contributed by atoms with Gasteiger partial charge in [0, 0.05) is 19.1 Å². The largest absolute Gasteiger partial charge is 0.345 e. The first kappa shape index (κ1) is 21.5. The number of nitrogens with one attached hydrogen (secondary N) is 1. The number of rotatable bonds is 6. The maximum atomic E-state index is 13.0. The van der Waals surface area contributed by atoms with Crippen LogP contribution in [0, 0.1) is 6.92 Å². The second-order valence-electron chi connectivity index (χ2n) is 7.30. The van der Waals surface area contributed by atoms with E-state index in [-0.39, 0.29) is 17.9 Å². The van der Waals surface area contributed by atoms with Crippen molar-refractivity contribution >= 4 is 23.4 Å².